The monoisotopic (exact) mass is 291 g/mol. The van der Waals surface area contributed by atoms with Crippen LogP contribution >= 0.6 is 11.3 Å². The smallest absolute Gasteiger partial charge is 0.395 e. The highest BCUT2D eigenvalue weighted by Crippen LogP contribution is 2.21. The number of rotatable bonds is 3. The lowest BCUT2D eigenvalue weighted by Crippen LogP contribution is -2.35. The molecular formula is C12H12F3NO2S. The maximum atomic E-state index is 12.2. The third kappa shape index (κ3) is 4.93. The molecule has 1 N–H and O–H groups in total. The van der Waals surface area contributed by atoms with E-state index >= 15 is 0 Å². The van der Waals surface area contributed by atoms with E-state index in [1.807, 2.05) is 0 Å². The molecule has 1 rings (SSSR count). The van der Waals surface area contributed by atoms with Crippen LogP contribution in [0.15, 0.2) is 11.4 Å². The van der Waals surface area contributed by atoms with E-state index in [4.69, 9.17) is 5.11 Å². The molecule has 7 heteroatoms. The number of hydrogen-bond donors (Lipinski definition) is 1. The van der Waals surface area contributed by atoms with E-state index in [0.717, 1.165) is 18.4 Å². The predicted octanol–water partition coefficient (Wildman–Crippen LogP) is 2.12. The zero-order chi connectivity index (χ0) is 14.5. The third-order valence-electron chi connectivity index (χ3n) is 2.08. The van der Waals surface area contributed by atoms with Gasteiger partial charge in [0.05, 0.1) is 6.61 Å². The van der Waals surface area contributed by atoms with E-state index in [1.54, 1.807) is 11.4 Å². The average Bonchev–Trinajstić information content (AvgIpc) is 2.74. The first-order valence-electron chi connectivity index (χ1n) is 5.34. The third-order valence-corrected chi connectivity index (χ3v) is 2.98. The molecule has 0 aromatic carbocycles. The van der Waals surface area contributed by atoms with Crippen molar-refractivity contribution < 1.29 is 23.1 Å². The van der Waals surface area contributed by atoms with Gasteiger partial charge in [-0.3, -0.25) is 4.79 Å². The Hall–Kier alpha value is -1.52. The van der Waals surface area contributed by atoms with Crippen LogP contribution in [0.5, 0.6) is 0 Å². The Morgan fingerprint density at radius 1 is 1.53 bits per heavy atom. The van der Waals surface area contributed by atoms with Gasteiger partial charge in [-0.1, -0.05) is 11.8 Å². The Morgan fingerprint density at radius 3 is 2.79 bits per heavy atom. The Bertz CT molecular complexity index is 499. The summed E-state index contributed by atoms with van der Waals surface area (Å²) in [6, 6.07) is 1.57. The molecule has 0 spiro atoms. The standard InChI is InChI=1S/C12H12F3NO2S/c1-16(8-12(13,14)15)11(18)10-9(5-7-19-10)4-2-3-6-17/h5,7,17H,3,6,8H2,1H3. The lowest BCUT2D eigenvalue weighted by Gasteiger charge is -2.18. The minimum absolute atomic E-state index is 0.103. The second-order valence-corrected chi connectivity index (χ2v) is 4.63. The Kier molecular flexibility index (Phi) is 5.39. The summed E-state index contributed by atoms with van der Waals surface area (Å²) < 4.78 is 36.6. The van der Waals surface area contributed by atoms with Crippen molar-refractivity contribution in [1.82, 2.24) is 4.90 Å². The zero-order valence-corrected chi connectivity index (χ0v) is 10.9. The minimum atomic E-state index is -4.43. The van der Waals surface area contributed by atoms with Gasteiger partial charge in [-0.25, -0.2) is 0 Å². The number of thiophene rings is 1. The van der Waals surface area contributed by atoms with Gasteiger partial charge < -0.3 is 10.0 Å². The number of carbonyl (C=O) groups is 1. The van der Waals surface area contributed by atoms with Crippen molar-refractivity contribution in [3.8, 4) is 11.8 Å². The Labute approximate surface area is 112 Å². The van der Waals surface area contributed by atoms with Gasteiger partial charge in [-0.15, -0.1) is 11.3 Å². The van der Waals surface area contributed by atoms with Crippen molar-refractivity contribution in [3.05, 3.63) is 21.9 Å². The van der Waals surface area contributed by atoms with Crippen LogP contribution in [0.25, 0.3) is 0 Å². The van der Waals surface area contributed by atoms with Gasteiger partial charge in [-0.2, -0.15) is 13.2 Å². The highest BCUT2D eigenvalue weighted by Gasteiger charge is 2.32. The van der Waals surface area contributed by atoms with Crippen molar-refractivity contribution in [3.63, 3.8) is 0 Å². The molecule has 1 aromatic rings. The predicted molar refractivity (Wildman–Crippen MR) is 65.9 cm³/mol. The number of alkyl halides is 3. The number of amides is 1. The van der Waals surface area contributed by atoms with Crippen molar-refractivity contribution in [1.29, 1.82) is 0 Å². The summed E-state index contributed by atoms with van der Waals surface area (Å²) in [6.45, 7) is -1.40. The van der Waals surface area contributed by atoms with Gasteiger partial charge in [0.25, 0.3) is 5.91 Å². The van der Waals surface area contributed by atoms with E-state index < -0.39 is 18.6 Å². The van der Waals surface area contributed by atoms with Crippen LogP contribution in [-0.2, 0) is 0 Å². The summed E-state index contributed by atoms with van der Waals surface area (Å²) in [5.41, 5.74) is 0.387. The Balaban J connectivity index is 2.84. The second-order valence-electron chi connectivity index (χ2n) is 3.72. The molecule has 3 nitrogen and oxygen atoms in total. The van der Waals surface area contributed by atoms with E-state index in [1.165, 1.54) is 0 Å². The molecule has 0 saturated heterocycles. The van der Waals surface area contributed by atoms with Crippen LogP contribution in [-0.4, -0.2) is 42.3 Å². The SMILES string of the molecule is CN(CC(F)(F)F)C(=O)c1sccc1C#CCCO. The minimum Gasteiger partial charge on any atom is -0.395 e. The summed E-state index contributed by atoms with van der Waals surface area (Å²) in [4.78, 5) is 12.6. The number of nitrogens with zero attached hydrogens (tertiary/aromatic N) is 1. The van der Waals surface area contributed by atoms with E-state index in [-0.39, 0.29) is 17.9 Å². The fourth-order valence-electron chi connectivity index (χ4n) is 1.30. The molecule has 0 fully saturated rings. The van der Waals surface area contributed by atoms with Gasteiger partial charge in [0, 0.05) is 19.0 Å². The highest BCUT2D eigenvalue weighted by molar-refractivity contribution is 7.12. The lowest BCUT2D eigenvalue weighted by molar-refractivity contribution is -0.138. The molecule has 0 saturated carbocycles. The number of hydrogen-bond acceptors (Lipinski definition) is 3. The van der Waals surface area contributed by atoms with Crippen LogP contribution in [0, 0.1) is 11.8 Å². The maximum Gasteiger partial charge on any atom is 0.406 e. The summed E-state index contributed by atoms with van der Waals surface area (Å²) in [6.07, 6.45) is -4.17. The van der Waals surface area contributed by atoms with E-state index in [2.05, 4.69) is 11.8 Å². The molecular weight excluding hydrogens is 279 g/mol. The normalized spacial score (nSPS) is 10.8. The highest BCUT2D eigenvalue weighted by atomic mass is 32.1. The average molecular weight is 291 g/mol. The zero-order valence-electron chi connectivity index (χ0n) is 10.1. The first-order chi connectivity index (χ1) is 8.85. The Morgan fingerprint density at radius 2 is 2.21 bits per heavy atom. The molecule has 0 aliphatic heterocycles. The first kappa shape index (κ1) is 15.5. The molecule has 0 atom stereocenters. The van der Waals surface area contributed by atoms with Crippen LogP contribution in [0.4, 0.5) is 13.2 Å². The van der Waals surface area contributed by atoms with Crippen LogP contribution < -0.4 is 0 Å². The molecule has 0 bridgehead atoms. The first-order valence-corrected chi connectivity index (χ1v) is 6.22. The maximum absolute atomic E-state index is 12.2. The summed E-state index contributed by atoms with van der Waals surface area (Å²) in [7, 11) is 1.10. The molecule has 104 valence electrons. The molecule has 0 unspecified atom stereocenters. The van der Waals surface area contributed by atoms with Gasteiger partial charge in [0.2, 0.25) is 0 Å². The molecule has 0 radical (unpaired) electrons. The van der Waals surface area contributed by atoms with Crippen molar-refractivity contribution in [2.45, 2.75) is 12.6 Å². The molecule has 0 aliphatic rings. The summed E-state index contributed by atoms with van der Waals surface area (Å²) >= 11 is 1.05. The van der Waals surface area contributed by atoms with Crippen LogP contribution in [0.2, 0.25) is 0 Å². The summed E-state index contributed by atoms with van der Waals surface area (Å²) in [5, 5.41) is 10.2. The second kappa shape index (κ2) is 6.59. The lowest BCUT2D eigenvalue weighted by atomic mass is 10.2. The molecule has 1 amide bonds. The number of halogens is 3. The molecule has 0 aliphatic carbocycles. The topological polar surface area (TPSA) is 40.5 Å². The molecule has 1 heterocycles. The van der Waals surface area contributed by atoms with Gasteiger partial charge in [-0.05, 0) is 11.4 Å². The summed E-state index contributed by atoms with van der Waals surface area (Å²) in [5.74, 6) is 4.59. The van der Waals surface area contributed by atoms with E-state index in [0.29, 0.717) is 10.5 Å². The van der Waals surface area contributed by atoms with Crippen LogP contribution in [0.1, 0.15) is 21.7 Å². The van der Waals surface area contributed by atoms with Gasteiger partial charge in [0.15, 0.2) is 0 Å². The fourth-order valence-corrected chi connectivity index (χ4v) is 2.14. The van der Waals surface area contributed by atoms with Crippen molar-refractivity contribution in [2.24, 2.45) is 0 Å². The number of aliphatic hydroxyl groups is 1. The number of aliphatic hydroxyl groups excluding tert-OH is 1. The molecule has 19 heavy (non-hydrogen) atoms. The number of carbonyl (C=O) groups excluding carboxylic acids is 1. The van der Waals surface area contributed by atoms with E-state index in [9.17, 15) is 18.0 Å². The largest absolute Gasteiger partial charge is 0.406 e. The van der Waals surface area contributed by atoms with Crippen LogP contribution in [0.3, 0.4) is 0 Å². The van der Waals surface area contributed by atoms with Gasteiger partial charge in [0.1, 0.15) is 11.4 Å². The van der Waals surface area contributed by atoms with Crippen molar-refractivity contribution in [2.75, 3.05) is 20.2 Å². The molecule has 1 aromatic heterocycles. The quantitative estimate of drug-likeness (QED) is 0.867. The fraction of sp³-hybridized carbons (Fsp3) is 0.417. The van der Waals surface area contributed by atoms with Crippen molar-refractivity contribution >= 4 is 17.2 Å². The van der Waals surface area contributed by atoms with Gasteiger partial charge >= 0.3 is 6.18 Å².